The number of imide groups is 1. The summed E-state index contributed by atoms with van der Waals surface area (Å²) in [6, 6.07) is 6.77. The molecule has 0 spiro atoms. The van der Waals surface area contributed by atoms with Gasteiger partial charge in [-0.2, -0.15) is 0 Å². The molecule has 8 heteroatoms. The Morgan fingerprint density at radius 1 is 1.23 bits per heavy atom. The fourth-order valence-corrected chi connectivity index (χ4v) is 3.30. The fourth-order valence-electron chi connectivity index (χ4n) is 3.30. The molecule has 1 atom stereocenters. The molecule has 2 saturated heterocycles. The Bertz CT molecular complexity index is 747. The van der Waals surface area contributed by atoms with Crippen LogP contribution in [0.1, 0.15) is 18.1 Å². The first-order valence-corrected chi connectivity index (χ1v) is 8.59. The van der Waals surface area contributed by atoms with Crippen molar-refractivity contribution in [1.82, 2.24) is 20.0 Å². The van der Waals surface area contributed by atoms with Gasteiger partial charge in [0.05, 0.1) is 6.54 Å². The molecule has 2 heterocycles. The van der Waals surface area contributed by atoms with Crippen LogP contribution in [0.5, 0.6) is 0 Å². The number of carbonyl (C=O) groups excluding carboxylic acids is 4. The van der Waals surface area contributed by atoms with Gasteiger partial charge >= 0.3 is 6.03 Å². The van der Waals surface area contributed by atoms with Crippen molar-refractivity contribution in [3.63, 3.8) is 0 Å². The van der Waals surface area contributed by atoms with Crippen molar-refractivity contribution < 1.29 is 19.2 Å². The van der Waals surface area contributed by atoms with Crippen LogP contribution in [0.2, 0.25) is 0 Å². The summed E-state index contributed by atoms with van der Waals surface area (Å²) in [5.74, 6) is -0.963. The van der Waals surface area contributed by atoms with Crippen molar-refractivity contribution in [2.45, 2.75) is 26.4 Å². The quantitative estimate of drug-likeness (QED) is 0.774. The Hall–Kier alpha value is -2.90. The van der Waals surface area contributed by atoms with Gasteiger partial charge in [-0.25, -0.2) is 4.79 Å². The highest BCUT2D eigenvalue weighted by Gasteiger charge is 2.37. The molecular weight excluding hydrogens is 336 g/mol. The van der Waals surface area contributed by atoms with E-state index in [1.54, 1.807) is 11.8 Å². The SMILES string of the molecule is Cc1cccc(CN2CCN(C(=O)CN3C(=O)CNC3=O)[C@@H](C)C2=O)c1. The lowest BCUT2D eigenvalue weighted by atomic mass is 10.1. The molecule has 0 aromatic heterocycles. The van der Waals surface area contributed by atoms with Gasteiger partial charge in [-0.1, -0.05) is 29.8 Å². The van der Waals surface area contributed by atoms with Gasteiger partial charge in [-0.15, -0.1) is 0 Å². The largest absolute Gasteiger partial charge is 0.335 e. The molecule has 5 amide bonds. The van der Waals surface area contributed by atoms with E-state index in [9.17, 15) is 19.2 Å². The zero-order chi connectivity index (χ0) is 18.8. The third kappa shape index (κ3) is 3.54. The van der Waals surface area contributed by atoms with Crippen LogP contribution in [0.3, 0.4) is 0 Å². The fraction of sp³-hybridized carbons (Fsp3) is 0.444. The Morgan fingerprint density at radius 2 is 2.00 bits per heavy atom. The zero-order valence-corrected chi connectivity index (χ0v) is 14.9. The number of piperazine rings is 1. The van der Waals surface area contributed by atoms with Crippen LogP contribution in [0, 0.1) is 6.92 Å². The highest BCUT2D eigenvalue weighted by Crippen LogP contribution is 2.16. The lowest BCUT2D eigenvalue weighted by Crippen LogP contribution is -2.59. The molecule has 138 valence electrons. The van der Waals surface area contributed by atoms with E-state index in [0.717, 1.165) is 16.0 Å². The van der Waals surface area contributed by atoms with Crippen molar-refractivity contribution in [2.24, 2.45) is 0 Å². The first-order valence-electron chi connectivity index (χ1n) is 8.59. The van der Waals surface area contributed by atoms with Gasteiger partial charge in [-0.05, 0) is 19.4 Å². The van der Waals surface area contributed by atoms with Gasteiger partial charge in [0.2, 0.25) is 11.8 Å². The van der Waals surface area contributed by atoms with E-state index in [4.69, 9.17) is 0 Å². The molecule has 2 fully saturated rings. The summed E-state index contributed by atoms with van der Waals surface area (Å²) in [5, 5.41) is 2.38. The van der Waals surface area contributed by atoms with Crippen LogP contribution >= 0.6 is 0 Å². The molecule has 26 heavy (non-hydrogen) atoms. The van der Waals surface area contributed by atoms with E-state index in [0.29, 0.717) is 19.6 Å². The van der Waals surface area contributed by atoms with Crippen LogP contribution in [-0.4, -0.2) is 70.7 Å². The molecule has 2 aliphatic rings. The molecule has 1 N–H and O–H groups in total. The molecule has 0 aliphatic carbocycles. The second kappa shape index (κ2) is 7.15. The van der Waals surface area contributed by atoms with Crippen LogP contribution in [0.4, 0.5) is 4.79 Å². The molecule has 3 rings (SSSR count). The number of nitrogens with zero attached hydrogens (tertiary/aromatic N) is 3. The lowest BCUT2D eigenvalue weighted by Gasteiger charge is -2.39. The summed E-state index contributed by atoms with van der Waals surface area (Å²) in [4.78, 5) is 52.4. The zero-order valence-electron chi connectivity index (χ0n) is 14.9. The summed E-state index contributed by atoms with van der Waals surface area (Å²) >= 11 is 0. The molecule has 0 saturated carbocycles. The van der Waals surface area contributed by atoms with Gasteiger partial charge in [0.25, 0.3) is 5.91 Å². The van der Waals surface area contributed by atoms with E-state index in [1.807, 2.05) is 31.2 Å². The summed E-state index contributed by atoms with van der Waals surface area (Å²) in [5.41, 5.74) is 2.18. The van der Waals surface area contributed by atoms with Gasteiger partial charge in [0.1, 0.15) is 12.6 Å². The van der Waals surface area contributed by atoms with Gasteiger partial charge in [0.15, 0.2) is 0 Å². The lowest BCUT2D eigenvalue weighted by molar-refractivity contribution is -0.151. The Kier molecular flexibility index (Phi) is 4.92. The average molecular weight is 358 g/mol. The molecule has 0 bridgehead atoms. The van der Waals surface area contributed by atoms with Crippen molar-refractivity contribution in [1.29, 1.82) is 0 Å². The van der Waals surface area contributed by atoms with Crippen molar-refractivity contribution in [2.75, 3.05) is 26.2 Å². The molecular formula is C18H22N4O4. The summed E-state index contributed by atoms with van der Waals surface area (Å²) in [7, 11) is 0. The third-order valence-electron chi connectivity index (χ3n) is 4.75. The maximum Gasteiger partial charge on any atom is 0.325 e. The maximum absolute atomic E-state index is 12.7. The normalized spacial score (nSPS) is 20.6. The number of carbonyl (C=O) groups is 4. The number of hydrogen-bond donors (Lipinski definition) is 1. The molecule has 1 aromatic carbocycles. The minimum atomic E-state index is -0.623. The number of aryl methyl sites for hydroxylation is 1. The van der Waals surface area contributed by atoms with Crippen molar-refractivity contribution in [3.05, 3.63) is 35.4 Å². The summed E-state index contributed by atoms with van der Waals surface area (Å²) < 4.78 is 0. The third-order valence-corrected chi connectivity index (χ3v) is 4.75. The number of hydrogen-bond acceptors (Lipinski definition) is 4. The van der Waals surface area contributed by atoms with E-state index in [-0.39, 0.29) is 19.0 Å². The smallest absolute Gasteiger partial charge is 0.325 e. The van der Waals surface area contributed by atoms with Crippen molar-refractivity contribution >= 4 is 23.8 Å². The van der Waals surface area contributed by atoms with E-state index in [2.05, 4.69) is 5.32 Å². The molecule has 0 unspecified atom stereocenters. The highest BCUT2D eigenvalue weighted by molar-refractivity contribution is 6.04. The number of urea groups is 1. The molecule has 8 nitrogen and oxygen atoms in total. The van der Waals surface area contributed by atoms with Crippen LogP contribution in [-0.2, 0) is 20.9 Å². The topological polar surface area (TPSA) is 90.0 Å². The number of benzene rings is 1. The highest BCUT2D eigenvalue weighted by atomic mass is 16.2. The first-order chi connectivity index (χ1) is 12.4. The standard InChI is InChI=1S/C18H22N4O4/c1-12-4-3-5-14(8-12)10-20-6-7-21(13(2)17(20)25)16(24)11-22-15(23)9-19-18(22)26/h3-5,8,13H,6-7,9-11H2,1-2H3,(H,19,26)/t13-/m0/s1. The summed E-state index contributed by atoms with van der Waals surface area (Å²) in [6.45, 7) is 4.55. The minimum absolute atomic E-state index is 0.0924. The molecule has 0 radical (unpaired) electrons. The molecule has 2 aliphatic heterocycles. The van der Waals surface area contributed by atoms with Gasteiger partial charge < -0.3 is 15.1 Å². The number of amides is 5. The minimum Gasteiger partial charge on any atom is -0.335 e. The number of nitrogens with one attached hydrogen (secondary N) is 1. The second-order valence-electron chi connectivity index (χ2n) is 6.65. The van der Waals surface area contributed by atoms with Gasteiger partial charge in [-0.3, -0.25) is 19.3 Å². The first kappa shape index (κ1) is 17.9. The van der Waals surface area contributed by atoms with Crippen LogP contribution in [0.25, 0.3) is 0 Å². The second-order valence-corrected chi connectivity index (χ2v) is 6.65. The van der Waals surface area contributed by atoms with Crippen LogP contribution < -0.4 is 5.32 Å². The van der Waals surface area contributed by atoms with E-state index in [1.165, 1.54) is 4.90 Å². The van der Waals surface area contributed by atoms with Crippen LogP contribution in [0.15, 0.2) is 24.3 Å². The van der Waals surface area contributed by atoms with Crippen molar-refractivity contribution in [3.8, 4) is 0 Å². The maximum atomic E-state index is 12.7. The number of rotatable bonds is 4. The Balaban J connectivity index is 1.63. The monoisotopic (exact) mass is 358 g/mol. The Labute approximate surface area is 151 Å². The van der Waals surface area contributed by atoms with Gasteiger partial charge in [0, 0.05) is 19.6 Å². The Morgan fingerprint density at radius 3 is 2.65 bits per heavy atom. The van der Waals surface area contributed by atoms with E-state index >= 15 is 0 Å². The van der Waals surface area contributed by atoms with E-state index < -0.39 is 23.9 Å². The predicted molar refractivity (Wildman–Crippen MR) is 92.9 cm³/mol. The summed E-state index contributed by atoms with van der Waals surface area (Å²) in [6.07, 6.45) is 0. The molecule has 1 aromatic rings. The predicted octanol–water partition coefficient (Wildman–Crippen LogP) is 0.106. The average Bonchev–Trinajstić information content (AvgIpc) is 2.91.